The van der Waals surface area contributed by atoms with Crippen LogP contribution in [0.5, 0.6) is 0 Å². The molecule has 0 spiro atoms. The summed E-state index contributed by atoms with van der Waals surface area (Å²) in [4.78, 5) is 0. The van der Waals surface area contributed by atoms with Crippen molar-refractivity contribution in [3.8, 4) is 0 Å². The van der Waals surface area contributed by atoms with E-state index >= 15 is 0 Å². The normalized spacial score (nSPS) is 16.5. The molecule has 0 atom stereocenters. The number of rotatable bonds is 2. The third-order valence-corrected chi connectivity index (χ3v) is 5.14. The predicted octanol–water partition coefficient (Wildman–Crippen LogP) is 5.19. The van der Waals surface area contributed by atoms with Crippen LogP contribution in [0.2, 0.25) is 0 Å². The fourth-order valence-corrected chi connectivity index (χ4v) is 3.49. The van der Waals surface area contributed by atoms with Crippen LogP contribution in [-0.4, -0.2) is 21.4 Å². The summed E-state index contributed by atoms with van der Waals surface area (Å²) in [6.45, 7) is 24.5. The van der Waals surface area contributed by atoms with Crippen molar-refractivity contribution in [2.24, 2.45) is 21.7 Å². The lowest BCUT2D eigenvalue weighted by Gasteiger charge is -2.51. The first-order valence-corrected chi connectivity index (χ1v) is 8.36. The van der Waals surface area contributed by atoms with E-state index in [2.05, 4.69) is 0 Å². The van der Waals surface area contributed by atoms with E-state index in [0.29, 0.717) is 0 Å². The minimum absolute atomic E-state index is 0.335. The fraction of sp³-hybridized carbons (Fsp3) is 0.900. The monoisotopic (exact) mass is 312 g/mol. The van der Waals surface area contributed by atoms with Crippen molar-refractivity contribution in [1.29, 1.82) is 0 Å². The van der Waals surface area contributed by atoms with Gasteiger partial charge < -0.3 is 10.2 Å². The molecule has 0 unspecified atom stereocenters. The minimum Gasteiger partial charge on any atom is -0.385 e. The van der Waals surface area contributed by atoms with Crippen LogP contribution in [0.4, 0.5) is 0 Å². The number of hydrogen-bond acceptors (Lipinski definition) is 2. The molecule has 0 rings (SSSR count). The van der Waals surface area contributed by atoms with Crippen molar-refractivity contribution in [3.05, 3.63) is 12.2 Å². The molecule has 0 radical (unpaired) electrons. The maximum absolute atomic E-state index is 11.4. The van der Waals surface area contributed by atoms with Crippen molar-refractivity contribution in [1.82, 2.24) is 0 Å². The molecule has 0 aromatic rings. The Hall–Kier alpha value is -0.340. The highest BCUT2D eigenvalue weighted by atomic mass is 16.3. The molecule has 0 saturated heterocycles. The molecule has 0 bridgehead atoms. The van der Waals surface area contributed by atoms with Crippen molar-refractivity contribution in [2.45, 2.75) is 94.3 Å². The molecular weight excluding hydrogens is 272 g/mol. The van der Waals surface area contributed by atoms with Crippen molar-refractivity contribution < 1.29 is 10.2 Å². The van der Waals surface area contributed by atoms with Crippen molar-refractivity contribution in [3.63, 3.8) is 0 Å². The van der Waals surface area contributed by atoms with E-state index < -0.39 is 11.2 Å². The Balaban J connectivity index is 6.18. The third kappa shape index (κ3) is 3.76. The predicted molar refractivity (Wildman–Crippen MR) is 96.9 cm³/mol. The van der Waals surface area contributed by atoms with Gasteiger partial charge in [-0.1, -0.05) is 95.2 Å². The van der Waals surface area contributed by atoms with Gasteiger partial charge in [-0.3, -0.25) is 0 Å². The Bertz CT molecular complexity index is 335. The van der Waals surface area contributed by atoms with Crippen LogP contribution in [0, 0.1) is 21.7 Å². The Labute approximate surface area is 139 Å². The summed E-state index contributed by atoms with van der Waals surface area (Å²) in [5, 5.41) is 22.8. The SMILES string of the molecule is CC(C)(C)C(O)(/C=C/C(O)(C(C)(C)C)C(C)(C)C)C(C)(C)C. The lowest BCUT2D eigenvalue weighted by molar-refractivity contribution is -0.111. The van der Waals surface area contributed by atoms with E-state index in [1.165, 1.54) is 0 Å². The van der Waals surface area contributed by atoms with Crippen LogP contribution < -0.4 is 0 Å². The zero-order chi connectivity index (χ0) is 18.4. The molecule has 0 fully saturated rings. The summed E-state index contributed by atoms with van der Waals surface area (Å²) < 4.78 is 0. The van der Waals surface area contributed by atoms with Crippen molar-refractivity contribution in [2.75, 3.05) is 0 Å². The van der Waals surface area contributed by atoms with E-state index in [9.17, 15) is 10.2 Å². The van der Waals surface area contributed by atoms with Gasteiger partial charge in [-0.25, -0.2) is 0 Å². The average molecular weight is 313 g/mol. The summed E-state index contributed by atoms with van der Waals surface area (Å²) in [5.41, 5.74) is -3.39. The topological polar surface area (TPSA) is 40.5 Å². The van der Waals surface area contributed by atoms with Crippen LogP contribution in [0.25, 0.3) is 0 Å². The van der Waals surface area contributed by atoms with E-state index in [-0.39, 0.29) is 21.7 Å². The first-order valence-electron chi connectivity index (χ1n) is 8.36. The van der Waals surface area contributed by atoms with Crippen LogP contribution in [0.3, 0.4) is 0 Å². The molecule has 132 valence electrons. The molecule has 0 amide bonds. The van der Waals surface area contributed by atoms with Crippen molar-refractivity contribution >= 4 is 0 Å². The second-order valence-electron chi connectivity index (χ2n) is 10.9. The Kier molecular flexibility index (Phi) is 5.54. The molecule has 0 aliphatic rings. The van der Waals surface area contributed by atoms with Crippen LogP contribution in [0.1, 0.15) is 83.1 Å². The highest BCUT2D eigenvalue weighted by Crippen LogP contribution is 2.49. The van der Waals surface area contributed by atoms with Crippen LogP contribution in [0.15, 0.2) is 12.2 Å². The van der Waals surface area contributed by atoms with E-state index in [0.717, 1.165) is 0 Å². The molecule has 0 aromatic heterocycles. The van der Waals surface area contributed by atoms with E-state index in [1.54, 1.807) is 0 Å². The zero-order valence-corrected chi connectivity index (χ0v) is 17.0. The molecule has 0 aliphatic carbocycles. The van der Waals surface area contributed by atoms with Gasteiger partial charge in [0.05, 0.1) is 11.2 Å². The van der Waals surface area contributed by atoms with Crippen LogP contribution >= 0.6 is 0 Å². The summed E-state index contributed by atoms with van der Waals surface area (Å²) in [7, 11) is 0. The molecule has 0 aliphatic heterocycles. The van der Waals surface area contributed by atoms with Gasteiger partial charge >= 0.3 is 0 Å². The largest absolute Gasteiger partial charge is 0.385 e. The summed E-state index contributed by atoms with van der Waals surface area (Å²) >= 11 is 0. The smallest absolute Gasteiger partial charge is 0.0924 e. The second-order valence-corrected chi connectivity index (χ2v) is 10.9. The maximum Gasteiger partial charge on any atom is 0.0924 e. The minimum atomic E-state index is -1.02. The van der Waals surface area contributed by atoms with Crippen LogP contribution in [-0.2, 0) is 0 Å². The van der Waals surface area contributed by atoms with Gasteiger partial charge in [0, 0.05) is 0 Å². The summed E-state index contributed by atoms with van der Waals surface area (Å²) in [6, 6.07) is 0. The Morgan fingerprint density at radius 3 is 0.636 bits per heavy atom. The average Bonchev–Trinajstić information content (AvgIpc) is 2.18. The number of hydrogen-bond donors (Lipinski definition) is 2. The molecule has 0 heterocycles. The zero-order valence-electron chi connectivity index (χ0n) is 17.0. The molecule has 0 aromatic carbocycles. The van der Waals surface area contributed by atoms with Gasteiger partial charge in [0.1, 0.15) is 0 Å². The molecule has 2 N–H and O–H groups in total. The molecule has 22 heavy (non-hydrogen) atoms. The van der Waals surface area contributed by atoms with Gasteiger partial charge in [-0.05, 0) is 21.7 Å². The molecule has 2 nitrogen and oxygen atoms in total. The number of aliphatic hydroxyl groups is 2. The quantitative estimate of drug-likeness (QED) is 0.689. The van der Waals surface area contributed by atoms with Gasteiger partial charge in [0.2, 0.25) is 0 Å². The van der Waals surface area contributed by atoms with Gasteiger partial charge in [-0.15, -0.1) is 0 Å². The van der Waals surface area contributed by atoms with Gasteiger partial charge in [0.25, 0.3) is 0 Å². The molecule has 0 saturated carbocycles. The van der Waals surface area contributed by atoms with E-state index in [1.807, 2.05) is 95.2 Å². The standard InChI is InChI=1S/C20H40O2/c1-15(2,3)19(21,16(4,5)6)13-14-20(22,17(7,8)9)18(10,11)12/h13-14,21-22H,1-12H3/b14-13+. The summed E-state index contributed by atoms with van der Waals surface area (Å²) in [6.07, 6.45) is 3.67. The summed E-state index contributed by atoms with van der Waals surface area (Å²) in [5.74, 6) is 0. The first-order chi connectivity index (χ1) is 9.21. The molecule has 2 heteroatoms. The lowest BCUT2D eigenvalue weighted by atomic mass is 9.59. The Morgan fingerprint density at radius 1 is 0.409 bits per heavy atom. The fourth-order valence-electron chi connectivity index (χ4n) is 3.49. The maximum atomic E-state index is 11.4. The highest BCUT2D eigenvalue weighted by molar-refractivity contribution is 5.21. The lowest BCUT2D eigenvalue weighted by Crippen LogP contribution is -2.55. The van der Waals surface area contributed by atoms with Gasteiger partial charge in [-0.2, -0.15) is 0 Å². The first kappa shape index (κ1) is 21.7. The Morgan fingerprint density at radius 2 is 0.545 bits per heavy atom. The second kappa shape index (κ2) is 5.63. The highest BCUT2D eigenvalue weighted by Gasteiger charge is 2.51. The van der Waals surface area contributed by atoms with E-state index in [4.69, 9.17) is 0 Å². The molecular formula is C20H40O2. The third-order valence-electron chi connectivity index (χ3n) is 5.14. The van der Waals surface area contributed by atoms with Gasteiger partial charge in [0.15, 0.2) is 0 Å².